The fourth-order valence-electron chi connectivity index (χ4n) is 1.18. The lowest BCUT2D eigenvalue weighted by atomic mass is 10.3. The molecule has 0 radical (unpaired) electrons. The van der Waals surface area contributed by atoms with Crippen molar-refractivity contribution in [2.75, 3.05) is 12.4 Å². The zero-order valence-corrected chi connectivity index (χ0v) is 9.34. The fourth-order valence-corrected chi connectivity index (χ4v) is 1.83. The number of imidazole rings is 1. The van der Waals surface area contributed by atoms with E-state index in [4.69, 9.17) is 4.74 Å². The smallest absolute Gasteiger partial charge is 0.165 e. The van der Waals surface area contributed by atoms with Crippen molar-refractivity contribution in [1.82, 2.24) is 9.97 Å². The van der Waals surface area contributed by atoms with E-state index in [9.17, 15) is 4.39 Å². The molecule has 2 aromatic rings. The highest BCUT2D eigenvalue weighted by molar-refractivity contribution is 7.99. The molecule has 1 heterocycles. The molecule has 1 aromatic carbocycles. The normalized spacial score (nSPS) is 10.3. The van der Waals surface area contributed by atoms with Gasteiger partial charge in [-0.15, -0.1) is 0 Å². The molecule has 0 saturated carbocycles. The summed E-state index contributed by atoms with van der Waals surface area (Å²) in [5.74, 6) is 0.690. The highest BCUT2D eigenvalue weighted by Gasteiger charge is 2.01. The lowest BCUT2D eigenvalue weighted by Crippen LogP contribution is -2.01. The Morgan fingerprint density at radius 3 is 3.00 bits per heavy atom. The molecule has 0 aliphatic carbocycles. The van der Waals surface area contributed by atoms with Crippen molar-refractivity contribution in [1.29, 1.82) is 0 Å². The molecule has 0 fully saturated rings. The van der Waals surface area contributed by atoms with Crippen LogP contribution in [0.2, 0.25) is 0 Å². The van der Waals surface area contributed by atoms with Gasteiger partial charge in [-0.1, -0.05) is 23.9 Å². The van der Waals surface area contributed by atoms with Gasteiger partial charge in [0.05, 0.1) is 6.61 Å². The lowest BCUT2D eigenvalue weighted by molar-refractivity contribution is 0.325. The molecule has 5 heteroatoms. The number of thioether (sulfide) groups is 1. The summed E-state index contributed by atoms with van der Waals surface area (Å²) >= 11 is 1.54. The first-order chi connectivity index (χ1) is 7.86. The van der Waals surface area contributed by atoms with E-state index in [0.29, 0.717) is 12.4 Å². The number of nitrogens with zero attached hydrogens (tertiary/aromatic N) is 1. The molecule has 84 valence electrons. The number of nitrogens with one attached hydrogen (secondary N) is 1. The third-order valence-corrected chi connectivity index (χ3v) is 2.76. The molecule has 0 atom stereocenters. The minimum absolute atomic E-state index is 0.294. The van der Waals surface area contributed by atoms with Gasteiger partial charge in [-0.3, -0.25) is 0 Å². The number of aromatic amines is 1. The molecular weight excluding hydrogens is 227 g/mol. The molecular formula is C11H11FN2OS. The van der Waals surface area contributed by atoms with Crippen LogP contribution in [-0.4, -0.2) is 22.3 Å². The van der Waals surface area contributed by atoms with Crippen molar-refractivity contribution in [2.45, 2.75) is 5.16 Å². The van der Waals surface area contributed by atoms with Crippen molar-refractivity contribution in [3.63, 3.8) is 0 Å². The monoisotopic (exact) mass is 238 g/mol. The van der Waals surface area contributed by atoms with Crippen LogP contribution in [-0.2, 0) is 0 Å². The zero-order chi connectivity index (χ0) is 11.2. The van der Waals surface area contributed by atoms with Gasteiger partial charge >= 0.3 is 0 Å². The largest absolute Gasteiger partial charge is 0.490 e. The molecule has 0 bridgehead atoms. The van der Waals surface area contributed by atoms with E-state index < -0.39 is 0 Å². The van der Waals surface area contributed by atoms with Crippen molar-refractivity contribution >= 4 is 11.8 Å². The summed E-state index contributed by atoms with van der Waals surface area (Å²) in [7, 11) is 0. The summed E-state index contributed by atoms with van der Waals surface area (Å²) in [5.41, 5.74) is 0. The van der Waals surface area contributed by atoms with Gasteiger partial charge in [-0.25, -0.2) is 9.37 Å². The van der Waals surface area contributed by atoms with Gasteiger partial charge in [-0.05, 0) is 12.1 Å². The number of halogens is 1. The summed E-state index contributed by atoms with van der Waals surface area (Å²) in [4.78, 5) is 7.03. The SMILES string of the molecule is Fc1ccccc1OCCSc1ncc[nH]1. The maximum Gasteiger partial charge on any atom is 0.165 e. The van der Waals surface area contributed by atoms with E-state index in [2.05, 4.69) is 9.97 Å². The maximum atomic E-state index is 13.1. The van der Waals surface area contributed by atoms with Crippen LogP contribution in [0.3, 0.4) is 0 Å². The Labute approximate surface area is 97.0 Å². The van der Waals surface area contributed by atoms with E-state index in [1.165, 1.54) is 17.8 Å². The number of hydrogen-bond acceptors (Lipinski definition) is 3. The molecule has 1 N–H and O–H groups in total. The highest BCUT2D eigenvalue weighted by atomic mass is 32.2. The van der Waals surface area contributed by atoms with Gasteiger partial charge in [0.15, 0.2) is 16.7 Å². The van der Waals surface area contributed by atoms with Gasteiger partial charge in [0, 0.05) is 18.1 Å². The number of rotatable bonds is 5. The molecule has 0 spiro atoms. The van der Waals surface area contributed by atoms with E-state index in [1.807, 2.05) is 0 Å². The van der Waals surface area contributed by atoms with E-state index in [-0.39, 0.29) is 5.82 Å². The molecule has 0 unspecified atom stereocenters. The summed E-state index contributed by atoms with van der Waals surface area (Å²) in [6.07, 6.45) is 3.46. The van der Waals surface area contributed by atoms with Crippen molar-refractivity contribution < 1.29 is 9.13 Å². The molecule has 0 saturated heterocycles. The van der Waals surface area contributed by atoms with Crippen molar-refractivity contribution in [2.24, 2.45) is 0 Å². The third-order valence-electron chi connectivity index (χ3n) is 1.89. The second kappa shape index (κ2) is 5.55. The molecule has 16 heavy (non-hydrogen) atoms. The Balaban J connectivity index is 1.74. The number of para-hydroxylation sites is 1. The number of aromatic nitrogens is 2. The van der Waals surface area contributed by atoms with Crippen molar-refractivity contribution in [3.05, 3.63) is 42.5 Å². The van der Waals surface area contributed by atoms with Gasteiger partial charge < -0.3 is 9.72 Å². The van der Waals surface area contributed by atoms with Crippen LogP contribution in [0.1, 0.15) is 0 Å². The summed E-state index contributed by atoms with van der Waals surface area (Å²) < 4.78 is 18.4. The zero-order valence-electron chi connectivity index (χ0n) is 8.52. The minimum Gasteiger partial charge on any atom is -0.490 e. The van der Waals surface area contributed by atoms with E-state index in [1.54, 1.807) is 30.6 Å². The Bertz CT molecular complexity index is 433. The first-order valence-corrected chi connectivity index (χ1v) is 5.84. The van der Waals surface area contributed by atoms with Crippen LogP contribution in [0.5, 0.6) is 5.75 Å². The van der Waals surface area contributed by atoms with Crippen LogP contribution in [0.25, 0.3) is 0 Å². The molecule has 2 rings (SSSR count). The summed E-state index contributed by atoms with van der Waals surface area (Å²) in [6, 6.07) is 6.39. The Hall–Kier alpha value is -1.49. The highest BCUT2D eigenvalue weighted by Crippen LogP contribution is 2.16. The van der Waals surface area contributed by atoms with E-state index >= 15 is 0 Å². The average molecular weight is 238 g/mol. The maximum absolute atomic E-state index is 13.1. The topological polar surface area (TPSA) is 37.9 Å². The number of ether oxygens (including phenoxy) is 1. The second-order valence-electron chi connectivity index (χ2n) is 3.02. The summed E-state index contributed by atoms with van der Waals surface area (Å²) in [6.45, 7) is 0.451. The Morgan fingerprint density at radius 2 is 2.25 bits per heavy atom. The van der Waals surface area contributed by atoms with Crippen LogP contribution in [0, 0.1) is 5.82 Å². The summed E-state index contributed by atoms with van der Waals surface area (Å²) in [5, 5.41) is 0.845. The number of hydrogen-bond donors (Lipinski definition) is 1. The van der Waals surface area contributed by atoms with Gasteiger partial charge in [0.1, 0.15) is 0 Å². The van der Waals surface area contributed by atoms with E-state index in [0.717, 1.165) is 10.9 Å². The second-order valence-corrected chi connectivity index (χ2v) is 4.11. The first-order valence-electron chi connectivity index (χ1n) is 4.86. The predicted octanol–water partition coefficient (Wildman–Crippen LogP) is 2.72. The third kappa shape index (κ3) is 3.00. The molecule has 0 aliphatic rings. The van der Waals surface area contributed by atoms with Crippen LogP contribution >= 0.6 is 11.8 Å². The predicted molar refractivity (Wildman–Crippen MR) is 61.2 cm³/mol. The first kappa shape index (κ1) is 11.0. The Kier molecular flexibility index (Phi) is 3.82. The van der Waals surface area contributed by atoms with Crippen LogP contribution in [0.4, 0.5) is 4.39 Å². The molecule has 3 nitrogen and oxygen atoms in total. The fraction of sp³-hybridized carbons (Fsp3) is 0.182. The minimum atomic E-state index is -0.328. The van der Waals surface area contributed by atoms with Crippen LogP contribution < -0.4 is 4.74 Å². The van der Waals surface area contributed by atoms with Gasteiger partial charge in [-0.2, -0.15) is 0 Å². The number of benzene rings is 1. The van der Waals surface area contributed by atoms with Crippen LogP contribution in [0.15, 0.2) is 41.8 Å². The standard InChI is InChI=1S/C11H11FN2OS/c12-9-3-1-2-4-10(9)15-7-8-16-11-13-5-6-14-11/h1-6H,7-8H2,(H,13,14). The Morgan fingerprint density at radius 1 is 1.38 bits per heavy atom. The van der Waals surface area contributed by atoms with Gasteiger partial charge in [0.2, 0.25) is 0 Å². The lowest BCUT2D eigenvalue weighted by Gasteiger charge is -2.05. The number of H-pyrrole nitrogens is 1. The average Bonchev–Trinajstić information content (AvgIpc) is 2.79. The molecule has 0 amide bonds. The van der Waals surface area contributed by atoms with Gasteiger partial charge in [0.25, 0.3) is 0 Å². The molecule has 0 aliphatic heterocycles. The quantitative estimate of drug-likeness (QED) is 0.643. The molecule has 1 aromatic heterocycles. The van der Waals surface area contributed by atoms with Crippen molar-refractivity contribution in [3.8, 4) is 5.75 Å².